The molecule has 0 aliphatic carbocycles. The van der Waals surface area contributed by atoms with Crippen LogP contribution in [0.25, 0.3) is 0 Å². The second-order valence-electron chi connectivity index (χ2n) is 8.08. The van der Waals surface area contributed by atoms with Crippen molar-refractivity contribution in [2.75, 3.05) is 39.2 Å². The predicted octanol–water partition coefficient (Wildman–Crippen LogP) is 3.67. The number of nitrogens with zero attached hydrogens (tertiary/aromatic N) is 2. The summed E-state index contributed by atoms with van der Waals surface area (Å²) in [5, 5.41) is 12.6. The molecule has 2 N–H and O–H groups in total. The highest BCUT2D eigenvalue weighted by Gasteiger charge is 2.30. The van der Waals surface area contributed by atoms with Gasteiger partial charge in [-0.1, -0.05) is 30.7 Å². The van der Waals surface area contributed by atoms with Crippen molar-refractivity contribution in [3.8, 4) is 0 Å². The number of likely N-dealkylation sites (N-methyl/N-ethyl adjacent to an activating group) is 1. The number of carbonyl (C=O) groups is 1. The molecule has 0 saturated carbocycles. The van der Waals surface area contributed by atoms with Gasteiger partial charge in [-0.2, -0.15) is 4.31 Å². The van der Waals surface area contributed by atoms with Crippen LogP contribution >= 0.6 is 11.6 Å². The Morgan fingerprint density at radius 3 is 2.32 bits per heavy atom. The van der Waals surface area contributed by atoms with Crippen molar-refractivity contribution >= 4 is 33.3 Å². The maximum Gasteiger partial charge on any atom is 0.322 e. The fraction of sp³-hybridized carbons (Fsp3) is 0.435. The van der Waals surface area contributed by atoms with E-state index in [9.17, 15) is 22.7 Å². The lowest BCUT2D eigenvalue weighted by Gasteiger charge is -2.34. The zero-order chi connectivity index (χ0) is 25.5. The highest BCUT2D eigenvalue weighted by atomic mass is 35.5. The number of urea groups is 1. The van der Waals surface area contributed by atoms with E-state index in [1.807, 2.05) is 6.92 Å². The molecule has 34 heavy (non-hydrogen) atoms. The molecule has 8 nitrogen and oxygen atoms in total. The molecule has 0 saturated heterocycles. The van der Waals surface area contributed by atoms with Crippen molar-refractivity contribution < 1.29 is 27.4 Å². The van der Waals surface area contributed by atoms with Crippen molar-refractivity contribution in [1.29, 1.82) is 0 Å². The standard InChI is InChI=1S/C23H31ClFN3O5S/c1-16(13-28(17(2)15-29)23(30)26-21-8-6-5-7-20(21)25)22(33-4)14-27(3)34(31,32)19-11-9-18(24)10-12-19/h5-12,16-17,22,29H,13-15H2,1-4H3,(H,26,30)/t16-,17+,22+/m0/s1. The van der Waals surface area contributed by atoms with E-state index in [2.05, 4.69) is 5.32 Å². The van der Waals surface area contributed by atoms with Gasteiger partial charge in [0.2, 0.25) is 10.0 Å². The van der Waals surface area contributed by atoms with Crippen LogP contribution in [-0.2, 0) is 14.8 Å². The van der Waals surface area contributed by atoms with Crippen LogP contribution in [0.5, 0.6) is 0 Å². The summed E-state index contributed by atoms with van der Waals surface area (Å²) < 4.78 is 46.6. The Labute approximate surface area is 205 Å². The average Bonchev–Trinajstić information content (AvgIpc) is 2.81. The summed E-state index contributed by atoms with van der Waals surface area (Å²) in [6, 6.07) is 10.5. The smallest absolute Gasteiger partial charge is 0.322 e. The number of aliphatic hydroxyl groups excluding tert-OH is 1. The number of nitrogens with one attached hydrogen (secondary N) is 1. The van der Waals surface area contributed by atoms with Crippen LogP contribution in [0.4, 0.5) is 14.9 Å². The molecule has 0 fully saturated rings. The van der Waals surface area contributed by atoms with Crippen LogP contribution in [0.1, 0.15) is 13.8 Å². The van der Waals surface area contributed by atoms with Gasteiger partial charge in [-0.05, 0) is 43.3 Å². The number of sulfonamides is 1. The van der Waals surface area contributed by atoms with Gasteiger partial charge in [0, 0.05) is 38.2 Å². The molecule has 11 heteroatoms. The normalized spacial score (nSPS) is 14.5. The van der Waals surface area contributed by atoms with Crippen LogP contribution in [0.3, 0.4) is 0 Å². The largest absolute Gasteiger partial charge is 0.394 e. The second kappa shape index (κ2) is 12.5. The van der Waals surface area contributed by atoms with Gasteiger partial charge in [-0.15, -0.1) is 0 Å². The molecule has 3 atom stereocenters. The lowest BCUT2D eigenvalue weighted by atomic mass is 10.0. The van der Waals surface area contributed by atoms with Gasteiger partial charge in [-0.25, -0.2) is 17.6 Å². The number of amides is 2. The van der Waals surface area contributed by atoms with Crippen LogP contribution in [0.15, 0.2) is 53.4 Å². The molecule has 0 radical (unpaired) electrons. The molecule has 188 valence electrons. The van der Waals surface area contributed by atoms with Gasteiger partial charge < -0.3 is 20.1 Å². The number of hydrogen-bond donors (Lipinski definition) is 2. The number of hydrogen-bond acceptors (Lipinski definition) is 5. The van der Waals surface area contributed by atoms with Gasteiger partial charge in [-0.3, -0.25) is 0 Å². The third-order valence-corrected chi connectivity index (χ3v) is 7.64. The SMILES string of the molecule is CO[C@H](CN(C)S(=O)(=O)c1ccc(Cl)cc1)[C@@H](C)CN(C(=O)Nc1ccccc1F)[C@H](C)CO. The summed E-state index contributed by atoms with van der Waals surface area (Å²) in [5.41, 5.74) is 0.0207. The third kappa shape index (κ3) is 7.13. The number of aliphatic hydroxyl groups is 1. The minimum atomic E-state index is -3.79. The number of carbonyl (C=O) groups excluding carboxylic acids is 1. The predicted molar refractivity (Wildman–Crippen MR) is 130 cm³/mol. The van der Waals surface area contributed by atoms with Crippen molar-refractivity contribution in [2.24, 2.45) is 5.92 Å². The summed E-state index contributed by atoms with van der Waals surface area (Å²) in [5.74, 6) is -0.905. The first-order valence-corrected chi connectivity index (χ1v) is 12.5. The van der Waals surface area contributed by atoms with Crippen molar-refractivity contribution in [3.05, 3.63) is 59.4 Å². The number of ether oxygens (including phenoxy) is 1. The molecule has 0 heterocycles. The zero-order valence-electron chi connectivity index (χ0n) is 19.6. The highest BCUT2D eigenvalue weighted by molar-refractivity contribution is 7.89. The van der Waals surface area contributed by atoms with E-state index in [1.165, 1.54) is 65.8 Å². The second-order valence-corrected chi connectivity index (χ2v) is 10.6. The monoisotopic (exact) mass is 515 g/mol. The van der Waals surface area contributed by atoms with Crippen molar-refractivity contribution in [3.63, 3.8) is 0 Å². The van der Waals surface area contributed by atoms with Gasteiger partial charge in [0.1, 0.15) is 5.82 Å². The number of methoxy groups -OCH3 is 1. The molecule has 2 rings (SSSR count). The van der Waals surface area contributed by atoms with E-state index in [0.717, 1.165) is 0 Å². The summed E-state index contributed by atoms with van der Waals surface area (Å²) >= 11 is 5.86. The van der Waals surface area contributed by atoms with Gasteiger partial charge in [0.15, 0.2) is 0 Å². The third-order valence-electron chi connectivity index (χ3n) is 5.55. The van der Waals surface area contributed by atoms with Crippen LogP contribution in [-0.4, -0.2) is 74.8 Å². The summed E-state index contributed by atoms with van der Waals surface area (Å²) in [7, 11) is -0.878. The fourth-order valence-electron chi connectivity index (χ4n) is 3.36. The summed E-state index contributed by atoms with van der Waals surface area (Å²) in [6.45, 7) is 3.32. The number of benzene rings is 2. The fourth-order valence-corrected chi connectivity index (χ4v) is 4.67. The number of anilines is 1. The number of para-hydroxylation sites is 1. The molecular formula is C23H31ClFN3O5S. The first-order valence-electron chi connectivity index (χ1n) is 10.7. The molecule has 2 aromatic rings. The van der Waals surface area contributed by atoms with Gasteiger partial charge >= 0.3 is 6.03 Å². The first-order chi connectivity index (χ1) is 16.0. The Morgan fingerprint density at radius 1 is 1.15 bits per heavy atom. The zero-order valence-corrected chi connectivity index (χ0v) is 21.2. The summed E-state index contributed by atoms with van der Waals surface area (Å²) in [4.78, 5) is 14.4. The van der Waals surface area contributed by atoms with E-state index < -0.39 is 34.0 Å². The average molecular weight is 516 g/mol. The Balaban J connectivity index is 2.14. The van der Waals surface area contributed by atoms with Gasteiger partial charge in [0.05, 0.1) is 29.3 Å². The Bertz CT molecular complexity index is 1050. The minimum absolute atomic E-state index is 0.0207. The molecule has 2 amide bonds. The minimum Gasteiger partial charge on any atom is -0.394 e. The Morgan fingerprint density at radius 2 is 1.76 bits per heavy atom. The molecule has 0 aromatic heterocycles. The van der Waals surface area contributed by atoms with E-state index in [-0.39, 0.29) is 36.2 Å². The molecule has 0 aliphatic rings. The molecule has 0 aliphatic heterocycles. The van der Waals surface area contributed by atoms with Crippen LogP contribution in [0.2, 0.25) is 5.02 Å². The Kier molecular flexibility index (Phi) is 10.3. The summed E-state index contributed by atoms with van der Waals surface area (Å²) in [6.07, 6.45) is -0.568. The molecule has 0 spiro atoms. The topological polar surface area (TPSA) is 99.2 Å². The van der Waals surface area contributed by atoms with E-state index >= 15 is 0 Å². The quantitative estimate of drug-likeness (QED) is 0.476. The number of rotatable bonds is 11. The number of halogens is 2. The van der Waals surface area contributed by atoms with Gasteiger partial charge in [0.25, 0.3) is 0 Å². The van der Waals surface area contributed by atoms with Crippen LogP contribution < -0.4 is 5.32 Å². The van der Waals surface area contributed by atoms with E-state index in [0.29, 0.717) is 5.02 Å². The maximum atomic E-state index is 14.0. The molecular weight excluding hydrogens is 485 g/mol. The lowest BCUT2D eigenvalue weighted by molar-refractivity contribution is 0.0305. The maximum absolute atomic E-state index is 14.0. The Hall–Kier alpha value is -2.24. The van der Waals surface area contributed by atoms with Crippen molar-refractivity contribution in [2.45, 2.75) is 30.9 Å². The highest BCUT2D eigenvalue weighted by Crippen LogP contribution is 2.21. The first kappa shape index (κ1) is 28.0. The van der Waals surface area contributed by atoms with Crippen LogP contribution in [0, 0.1) is 11.7 Å². The molecule has 0 bridgehead atoms. The molecule has 2 aromatic carbocycles. The molecule has 0 unspecified atom stereocenters. The van der Waals surface area contributed by atoms with E-state index in [1.54, 1.807) is 13.0 Å². The van der Waals surface area contributed by atoms with E-state index in [4.69, 9.17) is 16.3 Å². The lowest BCUT2D eigenvalue weighted by Crippen LogP contribution is -2.49. The van der Waals surface area contributed by atoms with Crippen molar-refractivity contribution in [1.82, 2.24) is 9.21 Å².